The molecule has 45 heavy (non-hydrogen) atoms. The summed E-state index contributed by atoms with van der Waals surface area (Å²) in [5, 5.41) is 12.9. The Balaban J connectivity index is 1.25. The van der Waals surface area contributed by atoms with Crippen LogP contribution >= 0.6 is 0 Å². The topological polar surface area (TPSA) is 97.2 Å². The van der Waals surface area contributed by atoms with Gasteiger partial charge in [-0.15, -0.1) is 0 Å². The van der Waals surface area contributed by atoms with E-state index in [1.807, 2.05) is 61.7 Å². The highest BCUT2D eigenvalue weighted by Crippen LogP contribution is 2.34. The Morgan fingerprint density at radius 2 is 1.71 bits per heavy atom. The Labute approximate surface area is 264 Å². The second-order valence-corrected chi connectivity index (χ2v) is 12.6. The number of amides is 2. The van der Waals surface area contributed by atoms with Crippen LogP contribution in [0.4, 0.5) is 16.3 Å². The predicted molar refractivity (Wildman–Crippen MR) is 180 cm³/mol. The first kappa shape index (κ1) is 30.4. The third kappa shape index (κ3) is 6.60. The first-order chi connectivity index (χ1) is 21.7. The molecular formula is C36H41N7O2. The van der Waals surface area contributed by atoms with Gasteiger partial charge in [0.05, 0.1) is 48.2 Å². The lowest BCUT2D eigenvalue weighted by Crippen LogP contribution is -2.39. The van der Waals surface area contributed by atoms with Gasteiger partial charge in [-0.05, 0) is 48.6 Å². The number of carbonyl (C=O) groups is 1. The Bertz CT molecular complexity index is 1780. The molecule has 5 aromatic rings. The van der Waals surface area contributed by atoms with E-state index >= 15 is 0 Å². The minimum Gasteiger partial charge on any atom is -0.379 e. The van der Waals surface area contributed by atoms with Crippen molar-refractivity contribution >= 4 is 28.3 Å². The summed E-state index contributed by atoms with van der Waals surface area (Å²) in [6.45, 7) is 13.8. The number of urea groups is 1. The molecule has 1 saturated heterocycles. The molecule has 1 unspecified atom stereocenters. The van der Waals surface area contributed by atoms with Crippen LogP contribution in [0.3, 0.4) is 0 Å². The number of ether oxygens (including phenoxy) is 1. The van der Waals surface area contributed by atoms with Crippen LogP contribution in [0.15, 0.2) is 79.1 Å². The fourth-order valence-corrected chi connectivity index (χ4v) is 5.85. The third-order valence-electron chi connectivity index (χ3n) is 8.34. The molecule has 0 aliphatic carbocycles. The fraction of sp³-hybridized carbons (Fsp3) is 0.333. The third-order valence-corrected chi connectivity index (χ3v) is 8.34. The fourth-order valence-electron chi connectivity index (χ4n) is 5.85. The summed E-state index contributed by atoms with van der Waals surface area (Å²) in [5.74, 6) is 0.567. The second-order valence-electron chi connectivity index (χ2n) is 12.6. The first-order valence-corrected chi connectivity index (χ1v) is 15.6. The predicted octanol–water partition coefficient (Wildman–Crippen LogP) is 7.52. The number of benzene rings is 2. The van der Waals surface area contributed by atoms with Crippen LogP contribution < -0.4 is 10.6 Å². The quantitative estimate of drug-likeness (QED) is 0.200. The summed E-state index contributed by atoms with van der Waals surface area (Å²) in [6.07, 6.45) is 4.72. The Hall–Kier alpha value is -4.60. The number of aromatic nitrogens is 4. The van der Waals surface area contributed by atoms with Crippen LogP contribution in [0.25, 0.3) is 27.6 Å². The largest absolute Gasteiger partial charge is 0.379 e. The van der Waals surface area contributed by atoms with Crippen molar-refractivity contribution in [3.63, 3.8) is 0 Å². The molecule has 2 aromatic carbocycles. The lowest BCUT2D eigenvalue weighted by atomic mass is 9.92. The summed E-state index contributed by atoms with van der Waals surface area (Å²) in [7, 11) is 0. The molecule has 9 heteroatoms. The molecule has 3 aromatic heterocycles. The maximum atomic E-state index is 13.4. The summed E-state index contributed by atoms with van der Waals surface area (Å²) in [5.41, 5.74) is 6.25. The van der Waals surface area contributed by atoms with Crippen LogP contribution in [-0.2, 0) is 10.2 Å². The standard InChI is InChI=1S/C36H41N7O2/c1-6-32(42-17-19-45-20-18-42)31-15-12-25(22-38-31)27-14-16-30(29-10-8-7-9-28(27)29)39-35(44)40-34-21-33(36(3,4)5)41-43(34)26-13-11-24(2)37-23-26/h7-16,21-23,32H,6,17-20H2,1-5H3,(H2,39,40,44). The Kier molecular flexibility index (Phi) is 8.65. The highest BCUT2D eigenvalue weighted by Gasteiger charge is 2.23. The zero-order valence-electron chi connectivity index (χ0n) is 26.7. The molecule has 2 N–H and O–H groups in total. The normalized spacial score (nSPS) is 14.8. The van der Waals surface area contributed by atoms with E-state index in [9.17, 15) is 4.79 Å². The monoisotopic (exact) mass is 603 g/mol. The van der Waals surface area contributed by atoms with Crippen LogP contribution in [0, 0.1) is 6.92 Å². The first-order valence-electron chi connectivity index (χ1n) is 15.6. The van der Waals surface area contributed by atoms with Crippen molar-refractivity contribution in [1.29, 1.82) is 0 Å². The number of hydrogen-bond donors (Lipinski definition) is 2. The van der Waals surface area contributed by atoms with Gasteiger partial charge >= 0.3 is 6.03 Å². The average molecular weight is 604 g/mol. The van der Waals surface area contributed by atoms with E-state index in [1.165, 1.54) is 0 Å². The van der Waals surface area contributed by atoms with Crippen molar-refractivity contribution in [2.45, 2.75) is 52.5 Å². The maximum Gasteiger partial charge on any atom is 0.324 e. The lowest BCUT2D eigenvalue weighted by molar-refractivity contribution is 0.0144. The van der Waals surface area contributed by atoms with Crippen LogP contribution in [0.2, 0.25) is 0 Å². The van der Waals surface area contributed by atoms with Crippen molar-refractivity contribution in [3.05, 3.63) is 96.2 Å². The number of rotatable bonds is 7. The van der Waals surface area contributed by atoms with Gasteiger partial charge in [-0.2, -0.15) is 5.10 Å². The van der Waals surface area contributed by atoms with Crippen LogP contribution in [0.1, 0.15) is 57.2 Å². The smallest absolute Gasteiger partial charge is 0.324 e. The van der Waals surface area contributed by atoms with E-state index in [1.54, 1.807) is 10.9 Å². The minimum absolute atomic E-state index is 0.199. The molecule has 0 radical (unpaired) electrons. The zero-order chi connectivity index (χ0) is 31.6. The number of pyridine rings is 2. The number of anilines is 2. The minimum atomic E-state index is -0.352. The molecule has 2 amide bonds. The van der Waals surface area contributed by atoms with Crippen molar-refractivity contribution in [2.24, 2.45) is 0 Å². The SMILES string of the molecule is CCC(c1ccc(-c2ccc(NC(=O)Nc3cc(C(C)(C)C)nn3-c3ccc(C)nc3)c3ccccc23)cn1)N1CCOCC1. The molecule has 0 spiro atoms. The van der Waals surface area contributed by atoms with E-state index < -0.39 is 0 Å². The number of fused-ring (bicyclic) bond motifs is 1. The van der Waals surface area contributed by atoms with Gasteiger partial charge in [-0.1, -0.05) is 64.1 Å². The molecule has 1 atom stereocenters. The van der Waals surface area contributed by atoms with Crippen molar-refractivity contribution in [2.75, 3.05) is 36.9 Å². The average Bonchev–Trinajstić information content (AvgIpc) is 3.47. The number of carbonyl (C=O) groups excluding carboxylic acids is 1. The number of nitrogens with zero attached hydrogens (tertiary/aromatic N) is 5. The highest BCUT2D eigenvalue weighted by atomic mass is 16.5. The van der Waals surface area contributed by atoms with Crippen molar-refractivity contribution in [3.8, 4) is 16.8 Å². The van der Waals surface area contributed by atoms with Gasteiger partial charge in [0, 0.05) is 47.4 Å². The van der Waals surface area contributed by atoms with Crippen LogP contribution in [0.5, 0.6) is 0 Å². The van der Waals surface area contributed by atoms with E-state index in [-0.39, 0.29) is 17.5 Å². The molecule has 0 bridgehead atoms. The zero-order valence-corrected chi connectivity index (χ0v) is 26.7. The summed E-state index contributed by atoms with van der Waals surface area (Å²) < 4.78 is 7.28. The Morgan fingerprint density at radius 1 is 0.933 bits per heavy atom. The highest BCUT2D eigenvalue weighted by molar-refractivity contribution is 6.09. The van der Waals surface area contributed by atoms with Gasteiger partial charge in [0.1, 0.15) is 5.82 Å². The Morgan fingerprint density at radius 3 is 2.38 bits per heavy atom. The molecule has 4 heterocycles. The van der Waals surface area contributed by atoms with Gasteiger partial charge in [0.2, 0.25) is 0 Å². The van der Waals surface area contributed by atoms with E-state index in [0.717, 1.165) is 77.4 Å². The molecule has 0 saturated carbocycles. The molecule has 1 aliphatic rings. The number of hydrogen-bond acceptors (Lipinski definition) is 6. The molecular weight excluding hydrogens is 562 g/mol. The molecule has 232 valence electrons. The van der Waals surface area contributed by atoms with Gasteiger partial charge in [-0.3, -0.25) is 20.2 Å². The number of aryl methyl sites for hydroxylation is 1. The van der Waals surface area contributed by atoms with E-state index in [0.29, 0.717) is 11.5 Å². The number of nitrogens with one attached hydrogen (secondary N) is 2. The molecule has 9 nitrogen and oxygen atoms in total. The molecule has 6 rings (SSSR count). The van der Waals surface area contributed by atoms with Gasteiger partial charge in [0.15, 0.2) is 0 Å². The summed E-state index contributed by atoms with van der Waals surface area (Å²) in [4.78, 5) is 25.2. The summed E-state index contributed by atoms with van der Waals surface area (Å²) in [6, 6.07) is 22.1. The van der Waals surface area contributed by atoms with Gasteiger partial charge < -0.3 is 10.1 Å². The van der Waals surface area contributed by atoms with Crippen molar-refractivity contribution < 1.29 is 9.53 Å². The van der Waals surface area contributed by atoms with Crippen LogP contribution in [-0.4, -0.2) is 57.0 Å². The van der Waals surface area contributed by atoms with Gasteiger partial charge in [-0.25, -0.2) is 9.48 Å². The number of morpholine rings is 1. The maximum absolute atomic E-state index is 13.4. The second kappa shape index (κ2) is 12.8. The lowest BCUT2D eigenvalue weighted by Gasteiger charge is -2.33. The van der Waals surface area contributed by atoms with E-state index in [2.05, 4.69) is 66.4 Å². The van der Waals surface area contributed by atoms with Gasteiger partial charge in [0.25, 0.3) is 0 Å². The summed E-state index contributed by atoms with van der Waals surface area (Å²) >= 11 is 0. The van der Waals surface area contributed by atoms with Crippen molar-refractivity contribution in [1.82, 2.24) is 24.6 Å². The van der Waals surface area contributed by atoms with E-state index in [4.69, 9.17) is 14.8 Å². The molecule has 1 aliphatic heterocycles. The molecule has 1 fully saturated rings.